The third kappa shape index (κ3) is 5.40. The highest BCUT2D eigenvalue weighted by Gasteiger charge is 2.27. The first-order chi connectivity index (χ1) is 13.0. The molecule has 9 heteroatoms. The van der Waals surface area contributed by atoms with Gasteiger partial charge in [0.2, 0.25) is 5.91 Å². The number of thioether (sulfide) groups is 1. The second kappa shape index (κ2) is 9.86. The zero-order chi connectivity index (χ0) is 19.8. The minimum Gasteiger partial charge on any atom is -0.493 e. The topological polar surface area (TPSA) is 91.4 Å². The van der Waals surface area contributed by atoms with E-state index in [2.05, 4.69) is 0 Å². The van der Waals surface area contributed by atoms with Crippen LogP contribution >= 0.6 is 11.8 Å². The van der Waals surface area contributed by atoms with Gasteiger partial charge in [0.25, 0.3) is 0 Å². The smallest absolute Gasteiger partial charge is 0.338 e. The van der Waals surface area contributed by atoms with E-state index in [4.69, 9.17) is 18.9 Å². The Balaban J connectivity index is 1.95. The van der Waals surface area contributed by atoms with Crippen molar-refractivity contribution in [3.63, 3.8) is 0 Å². The van der Waals surface area contributed by atoms with Gasteiger partial charge in [-0.25, -0.2) is 9.59 Å². The molecule has 0 unspecified atom stereocenters. The molecule has 1 aromatic rings. The Bertz CT molecular complexity index is 747. The van der Waals surface area contributed by atoms with Crippen molar-refractivity contribution in [3.05, 3.63) is 34.9 Å². The molecule has 1 aliphatic heterocycles. The Labute approximate surface area is 161 Å². The van der Waals surface area contributed by atoms with Gasteiger partial charge in [0, 0.05) is 0 Å². The van der Waals surface area contributed by atoms with Crippen molar-refractivity contribution in [2.45, 2.75) is 6.92 Å². The molecule has 146 valence electrons. The van der Waals surface area contributed by atoms with Crippen LogP contribution in [-0.2, 0) is 19.1 Å². The minimum atomic E-state index is -0.550. The Morgan fingerprint density at radius 1 is 1.19 bits per heavy atom. The first-order valence-corrected chi connectivity index (χ1v) is 9.19. The van der Waals surface area contributed by atoms with Crippen LogP contribution in [0, 0.1) is 0 Å². The normalized spacial score (nSPS) is 15.0. The SMILES string of the molecule is CCOC(=O)C=C1SCC(=O)N1CCOC(=O)c1ccc(OC)c(OC)c1. The molecule has 1 fully saturated rings. The van der Waals surface area contributed by atoms with Crippen molar-refractivity contribution in [3.8, 4) is 11.5 Å². The number of methoxy groups -OCH3 is 2. The van der Waals surface area contributed by atoms with Gasteiger partial charge in [-0.1, -0.05) is 11.8 Å². The predicted octanol–water partition coefficient (Wildman–Crippen LogP) is 1.84. The van der Waals surface area contributed by atoms with Crippen molar-refractivity contribution in [1.82, 2.24) is 4.90 Å². The van der Waals surface area contributed by atoms with Crippen LogP contribution in [0.25, 0.3) is 0 Å². The van der Waals surface area contributed by atoms with E-state index in [1.807, 2.05) is 0 Å². The number of nitrogens with zero attached hydrogens (tertiary/aromatic N) is 1. The van der Waals surface area contributed by atoms with Gasteiger partial charge in [-0.3, -0.25) is 4.79 Å². The van der Waals surface area contributed by atoms with Crippen LogP contribution in [-0.4, -0.2) is 62.5 Å². The molecule has 0 bridgehead atoms. The van der Waals surface area contributed by atoms with E-state index in [1.165, 1.54) is 43.0 Å². The highest BCUT2D eigenvalue weighted by molar-refractivity contribution is 8.04. The Kier molecular flexibility index (Phi) is 7.54. The van der Waals surface area contributed by atoms with Gasteiger partial charge in [0.05, 0.1) is 49.8 Å². The van der Waals surface area contributed by atoms with E-state index in [1.54, 1.807) is 19.1 Å². The van der Waals surface area contributed by atoms with Crippen LogP contribution in [0.2, 0.25) is 0 Å². The molecule has 1 amide bonds. The molecule has 0 atom stereocenters. The number of esters is 2. The predicted molar refractivity (Wildman–Crippen MR) is 98.7 cm³/mol. The molecule has 0 N–H and O–H groups in total. The highest BCUT2D eigenvalue weighted by atomic mass is 32.2. The first-order valence-electron chi connectivity index (χ1n) is 8.21. The van der Waals surface area contributed by atoms with Gasteiger partial charge in [0.15, 0.2) is 11.5 Å². The number of hydrogen-bond donors (Lipinski definition) is 0. The monoisotopic (exact) mass is 395 g/mol. The first kappa shape index (κ1) is 20.6. The van der Waals surface area contributed by atoms with Crippen LogP contribution in [0.4, 0.5) is 0 Å². The number of rotatable bonds is 8. The summed E-state index contributed by atoms with van der Waals surface area (Å²) in [5.41, 5.74) is 0.303. The van der Waals surface area contributed by atoms with E-state index in [0.717, 1.165) is 0 Å². The molecule has 0 aliphatic carbocycles. The van der Waals surface area contributed by atoms with E-state index in [-0.39, 0.29) is 31.4 Å². The zero-order valence-electron chi connectivity index (χ0n) is 15.4. The molecule has 8 nitrogen and oxygen atoms in total. The standard InChI is InChI=1S/C18H21NO7S/c1-4-25-17(21)10-16-19(15(20)11-27-16)7-8-26-18(22)12-5-6-13(23-2)14(9-12)24-3/h5-6,9-10H,4,7-8,11H2,1-3H3. The molecule has 0 aromatic heterocycles. The fourth-order valence-electron chi connectivity index (χ4n) is 2.33. The van der Waals surface area contributed by atoms with Crippen molar-refractivity contribution in [1.29, 1.82) is 0 Å². The largest absolute Gasteiger partial charge is 0.493 e. The quantitative estimate of drug-likeness (QED) is 0.486. The van der Waals surface area contributed by atoms with Crippen LogP contribution in [0.1, 0.15) is 17.3 Å². The maximum Gasteiger partial charge on any atom is 0.338 e. The van der Waals surface area contributed by atoms with E-state index in [0.29, 0.717) is 22.1 Å². The summed E-state index contributed by atoms with van der Waals surface area (Å²) in [6, 6.07) is 4.69. The lowest BCUT2D eigenvalue weighted by Gasteiger charge is -2.17. The lowest BCUT2D eigenvalue weighted by molar-refractivity contribution is -0.137. The van der Waals surface area contributed by atoms with Crippen LogP contribution < -0.4 is 9.47 Å². The number of ether oxygens (including phenoxy) is 4. The average Bonchev–Trinajstić information content (AvgIpc) is 3.00. The highest BCUT2D eigenvalue weighted by Crippen LogP contribution is 2.29. The number of benzene rings is 1. The van der Waals surface area contributed by atoms with Crippen molar-refractivity contribution in [2.75, 3.05) is 39.7 Å². The summed E-state index contributed by atoms with van der Waals surface area (Å²) in [6.07, 6.45) is 1.27. The molecule has 0 radical (unpaired) electrons. The molecule has 0 saturated carbocycles. The number of carbonyl (C=O) groups is 3. The number of hydrogen-bond acceptors (Lipinski definition) is 8. The number of carbonyl (C=O) groups excluding carboxylic acids is 3. The van der Waals surface area contributed by atoms with Gasteiger partial charge in [0.1, 0.15) is 6.61 Å². The van der Waals surface area contributed by atoms with E-state index < -0.39 is 11.9 Å². The average molecular weight is 395 g/mol. The minimum absolute atomic E-state index is 0.0142. The van der Waals surface area contributed by atoms with Crippen molar-refractivity contribution < 1.29 is 33.3 Å². The van der Waals surface area contributed by atoms with Crippen LogP contribution in [0.5, 0.6) is 11.5 Å². The third-order valence-electron chi connectivity index (χ3n) is 3.61. The van der Waals surface area contributed by atoms with Gasteiger partial charge in [-0.2, -0.15) is 0 Å². The summed E-state index contributed by atoms with van der Waals surface area (Å²) in [6.45, 7) is 2.09. The molecule has 1 aromatic carbocycles. The molecule has 0 spiro atoms. The zero-order valence-corrected chi connectivity index (χ0v) is 16.2. The van der Waals surface area contributed by atoms with Crippen molar-refractivity contribution >= 4 is 29.6 Å². The summed E-state index contributed by atoms with van der Waals surface area (Å²) in [4.78, 5) is 37.1. The summed E-state index contributed by atoms with van der Waals surface area (Å²) in [5.74, 6) is -0.0689. The van der Waals surface area contributed by atoms with Crippen LogP contribution in [0.3, 0.4) is 0 Å². The molecule has 1 heterocycles. The lowest BCUT2D eigenvalue weighted by Crippen LogP contribution is -2.29. The summed E-state index contributed by atoms with van der Waals surface area (Å²) in [5, 5.41) is 0.487. The van der Waals surface area contributed by atoms with Gasteiger partial charge >= 0.3 is 11.9 Å². The van der Waals surface area contributed by atoms with Gasteiger partial charge in [-0.05, 0) is 25.1 Å². The number of amides is 1. The van der Waals surface area contributed by atoms with E-state index >= 15 is 0 Å². The second-order valence-electron chi connectivity index (χ2n) is 5.27. The Morgan fingerprint density at radius 2 is 1.93 bits per heavy atom. The molecule has 2 rings (SSSR count). The third-order valence-corrected chi connectivity index (χ3v) is 4.63. The molecule has 1 aliphatic rings. The van der Waals surface area contributed by atoms with Gasteiger partial charge < -0.3 is 23.8 Å². The molecular formula is C18H21NO7S. The lowest BCUT2D eigenvalue weighted by atomic mass is 10.2. The fraction of sp³-hybridized carbons (Fsp3) is 0.389. The fourth-order valence-corrected chi connectivity index (χ4v) is 3.29. The Hall–Kier alpha value is -2.68. The molecular weight excluding hydrogens is 374 g/mol. The van der Waals surface area contributed by atoms with Crippen molar-refractivity contribution in [2.24, 2.45) is 0 Å². The maximum absolute atomic E-state index is 12.2. The molecule has 1 saturated heterocycles. The Morgan fingerprint density at radius 3 is 2.59 bits per heavy atom. The summed E-state index contributed by atoms with van der Waals surface area (Å²) < 4.78 is 20.4. The molecule has 27 heavy (non-hydrogen) atoms. The summed E-state index contributed by atoms with van der Waals surface area (Å²) >= 11 is 1.24. The van der Waals surface area contributed by atoms with E-state index in [9.17, 15) is 14.4 Å². The van der Waals surface area contributed by atoms with Crippen LogP contribution in [0.15, 0.2) is 29.3 Å². The van der Waals surface area contributed by atoms with Gasteiger partial charge in [-0.15, -0.1) is 0 Å². The second-order valence-corrected chi connectivity index (χ2v) is 6.27. The maximum atomic E-state index is 12.2. The summed E-state index contributed by atoms with van der Waals surface area (Å²) in [7, 11) is 2.98.